The van der Waals surface area contributed by atoms with Gasteiger partial charge in [0.15, 0.2) is 6.04 Å². The van der Waals surface area contributed by atoms with E-state index in [2.05, 4.69) is 15.6 Å². The summed E-state index contributed by atoms with van der Waals surface area (Å²) in [7, 11) is 0. The van der Waals surface area contributed by atoms with Crippen LogP contribution in [-0.2, 0) is 9.59 Å². The van der Waals surface area contributed by atoms with Gasteiger partial charge in [-0.3, -0.25) is 14.6 Å². The SMILES string of the molecule is CCNCCN(C=O)C(C(=O)NC(C)C)c1ccccn1. The van der Waals surface area contributed by atoms with E-state index in [0.29, 0.717) is 25.2 Å². The third-order valence-electron chi connectivity index (χ3n) is 2.91. The summed E-state index contributed by atoms with van der Waals surface area (Å²) in [6.45, 7) is 7.66. The maximum atomic E-state index is 12.4. The molecule has 116 valence electrons. The zero-order valence-electron chi connectivity index (χ0n) is 12.9. The van der Waals surface area contributed by atoms with Crippen molar-refractivity contribution in [3.05, 3.63) is 30.1 Å². The molecule has 0 saturated carbocycles. The highest BCUT2D eigenvalue weighted by molar-refractivity contribution is 5.84. The van der Waals surface area contributed by atoms with Gasteiger partial charge in [0.05, 0.1) is 5.69 Å². The summed E-state index contributed by atoms with van der Waals surface area (Å²) in [5.41, 5.74) is 0.569. The number of rotatable bonds is 9. The van der Waals surface area contributed by atoms with Crippen molar-refractivity contribution in [3.8, 4) is 0 Å². The highest BCUT2D eigenvalue weighted by Gasteiger charge is 2.28. The number of nitrogens with zero attached hydrogens (tertiary/aromatic N) is 2. The Morgan fingerprint density at radius 1 is 1.43 bits per heavy atom. The number of amides is 2. The third-order valence-corrected chi connectivity index (χ3v) is 2.91. The molecular weight excluding hydrogens is 268 g/mol. The molecule has 6 nitrogen and oxygen atoms in total. The van der Waals surface area contributed by atoms with Crippen molar-refractivity contribution in [3.63, 3.8) is 0 Å². The molecular formula is C15H24N4O2. The first-order chi connectivity index (χ1) is 10.1. The molecule has 0 spiro atoms. The van der Waals surface area contributed by atoms with E-state index in [1.807, 2.05) is 26.8 Å². The van der Waals surface area contributed by atoms with E-state index in [4.69, 9.17) is 0 Å². The zero-order valence-corrected chi connectivity index (χ0v) is 12.9. The lowest BCUT2D eigenvalue weighted by Crippen LogP contribution is -2.44. The third kappa shape index (κ3) is 5.51. The van der Waals surface area contributed by atoms with Crippen LogP contribution in [0.15, 0.2) is 24.4 Å². The number of likely N-dealkylation sites (N-methyl/N-ethyl adjacent to an activating group) is 1. The number of hydrogen-bond donors (Lipinski definition) is 2. The van der Waals surface area contributed by atoms with Gasteiger partial charge in [0.25, 0.3) is 0 Å². The topological polar surface area (TPSA) is 74.3 Å². The van der Waals surface area contributed by atoms with Crippen molar-refractivity contribution in [2.24, 2.45) is 0 Å². The molecule has 2 N–H and O–H groups in total. The molecule has 1 atom stereocenters. The number of carbonyl (C=O) groups is 2. The molecule has 1 unspecified atom stereocenters. The van der Waals surface area contributed by atoms with E-state index in [9.17, 15) is 9.59 Å². The summed E-state index contributed by atoms with van der Waals surface area (Å²) in [5, 5.41) is 5.99. The van der Waals surface area contributed by atoms with Crippen LogP contribution < -0.4 is 10.6 Å². The number of pyridine rings is 1. The van der Waals surface area contributed by atoms with Gasteiger partial charge in [0.2, 0.25) is 12.3 Å². The van der Waals surface area contributed by atoms with Crippen LogP contribution in [0.25, 0.3) is 0 Å². The number of hydrogen-bond acceptors (Lipinski definition) is 4. The van der Waals surface area contributed by atoms with Gasteiger partial charge >= 0.3 is 0 Å². The largest absolute Gasteiger partial charge is 0.352 e. The van der Waals surface area contributed by atoms with Crippen LogP contribution in [0.5, 0.6) is 0 Å². The Morgan fingerprint density at radius 3 is 2.71 bits per heavy atom. The van der Waals surface area contributed by atoms with Crippen molar-refractivity contribution < 1.29 is 9.59 Å². The molecule has 0 saturated heterocycles. The molecule has 1 aromatic heterocycles. The second-order valence-electron chi connectivity index (χ2n) is 5.02. The lowest BCUT2D eigenvalue weighted by Gasteiger charge is -2.27. The van der Waals surface area contributed by atoms with Gasteiger partial charge in [-0.2, -0.15) is 0 Å². The minimum Gasteiger partial charge on any atom is -0.352 e. The molecule has 1 heterocycles. The van der Waals surface area contributed by atoms with Gasteiger partial charge in [0.1, 0.15) is 0 Å². The smallest absolute Gasteiger partial charge is 0.249 e. The van der Waals surface area contributed by atoms with Gasteiger partial charge in [-0.1, -0.05) is 13.0 Å². The van der Waals surface area contributed by atoms with Crippen molar-refractivity contribution in [1.29, 1.82) is 0 Å². The monoisotopic (exact) mass is 292 g/mol. The highest BCUT2D eigenvalue weighted by Crippen LogP contribution is 2.17. The van der Waals surface area contributed by atoms with Gasteiger partial charge in [-0.15, -0.1) is 0 Å². The maximum Gasteiger partial charge on any atom is 0.249 e. The molecule has 0 aromatic carbocycles. The Balaban J connectivity index is 2.94. The van der Waals surface area contributed by atoms with E-state index in [1.54, 1.807) is 18.3 Å². The lowest BCUT2D eigenvalue weighted by molar-refractivity contribution is -0.133. The summed E-state index contributed by atoms with van der Waals surface area (Å²) < 4.78 is 0. The fourth-order valence-electron chi connectivity index (χ4n) is 1.98. The first-order valence-corrected chi connectivity index (χ1v) is 7.23. The van der Waals surface area contributed by atoms with Gasteiger partial charge < -0.3 is 15.5 Å². The van der Waals surface area contributed by atoms with Crippen LogP contribution in [0.2, 0.25) is 0 Å². The van der Waals surface area contributed by atoms with Crippen LogP contribution in [0.1, 0.15) is 32.5 Å². The van der Waals surface area contributed by atoms with Crippen molar-refractivity contribution in [1.82, 2.24) is 20.5 Å². The Hall–Kier alpha value is -1.95. The molecule has 0 aliphatic heterocycles. The fraction of sp³-hybridized carbons (Fsp3) is 0.533. The lowest BCUT2D eigenvalue weighted by atomic mass is 10.1. The summed E-state index contributed by atoms with van der Waals surface area (Å²) in [4.78, 5) is 29.5. The molecule has 1 aromatic rings. The van der Waals surface area contributed by atoms with Crippen LogP contribution in [0, 0.1) is 0 Å². The Labute approximate surface area is 125 Å². The summed E-state index contributed by atoms with van der Waals surface area (Å²) >= 11 is 0. The molecule has 0 fully saturated rings. The number of aromatic nitrogens is 1. The molecule has 0 aliphatic rings. The van der Waals surface area contributed by atoms with Crippen molar-refractivity contribution >= 4 is 12.3 Å². The molecule has 21 heavy (non-hydrogen) atoms. The van der Waals surface area contributed by atoms with E-state index in [-0.39, 0.29) is 11.9 Å². The molecule has 2 amide bonds. The summed E-state index contributed by atoms with van der Waals surface area (Å²) in [5.74, 6) is -0.215. The van der Waals surface area contributed by atoms with Crippen LogP contribution >= 0.6 is 0 Å². The van der Waals surface area contributed by atoms with Crippen LogP contribution in [0.4, 0.5) is 0 Å². The van der Waals surface area contributed by atoms with E-state index >= 15 is 0 Å². The Morgan fingerprint density at radius 2 is 2.19 bits per heavy atom. The normalized spacial score (nSPS) is 12.0. The van der Waals surface area contributed by atoms with Crippen LogP contribution in [-0.4, -0.2) is 47.9 Å². The van der Waals surface area contributed by atoms with E-state index < -0.39 is 6.04 Å². The number of nitrogens with one attached hydrogen (secondary N) is 2. The maximum absolute atomic E-state index is 12.4. The minimum absolute atomic E-state index is 0.00554. The quantitative estimate of drug-likeness (QED) is 0.519. The van der Waals surface area contributed by atoms with Gasteiger partial charge in [-0.25, -0.2) is 0 Å². The van der Waals surface area contributed by atoms with E-state index in [0.717, 1.165) is 6.54 Å². The number of carbonyl (C=O) groups excluding carboxylic acids is 2. The first kappa shape index (κ1) is 17.1. The second-order valence-corrected chi connectivity index (χ2v) is 5.02. The fourth-order valence-corrected chi connectivity index (χ4v) is 1.98. The molecule has 0 bridgehead atoms. The molecule has 0 radical (unpaired) electrons. The predicted molar refractivity (Wildman–Crippen MR) is 81.6 cm³/mol. The Bertz CT molecular complexity index is 437. The molecule has 0 aliphatic carbocycles. The molecule has 6 heteroatoms. The van der Waals surface area contributed by atoms with E-state index in [1.165, 1.54) is 4.90 Å². The standard InChI is InChI=1S/C15H24N4O2/c1-4-16-9-10-19(11-20)14(15(21)18-12(2)3)13-7-5-6-8-17-13/h5-8,11-12,14,16H,4,9-10H2,1-3H3,(H,18,21). The highest BCUT2D eigenvalue weighted by atomic mass is 16.2. The summed E-state index contributed by atoms with van der Waals surface area (Å²) in [6.07, 6.45) is 2.33. The second kappa shape index (κ2) is 9.07. The molecule has 1 rings (SSSR count). The average Bonchev–Trinajstić information content (AvgIpc) is 2.46. The Kier molecular flexibility index (Phi) is 7.39. The predicted octanol–water partition coefficient (Wildman–Crippen LogP) is 0.715. The average molecular weight is 292 g/mol. The van der Waals surface area contributed by atoms with Crippen molar-refractivity contribution in [2.75, 3.05) is 19.6 Å². The minimum atomic E-state index is -0.704. The van der Waals surface area contributed by atoms with Crippen LogP contribution in [0.3, 0.4) is 0 Å². The van der Waals surface area contributed by atoms with Gasteiger partial charge in [0, 0.05) is 25.3 Å². The van der Waals surface area contributed by atoms with Crippen molar-refractivity contribution in [2.45, 2.75) is 32.9 Å². The van der Waals surface area contributed by atoms with Gasteiger partial charge in [-0.05, 0) is 32.5 Å². The first-order valence-electron chi connectivity index (χ1n) is 7.23. The zero-order chi connectivity index (χ0) is 15.7. The summed E-state index contributed by atoms with van der Waals surface area (Å²) in [6, 6.07) is 4.65.